The molecule has 0 bridgehead atoms. The predicted molar refractivity (Wildman–Crippen MR) is 153 cm³/mol. The van der Waals surface area contributed by atoms with Crippen molar-refractivity contribution in [3.8, 4) is 0 Å². The Bertz CT molecular complexity index is 984. The van der Waals surface area contributed by atoms with Gasteiger partial charge in [-0.2, -0.15) is 24.3 Å². The van der Waals surface area contributed by atoms with Crippen molar-refractivity contribution >= 4 is 10.8 Å². The first-order valence-electron chi connectivity index (χ1n) is 10.6. The van der Waals surface area contributed by atoms with E-state index in [0.717, 1.165) is 6.42 Å². The first-order valence-corrected chi connectivity index (χ1v) is 10.6. The summed E-state index contributed by atoms with van der Waals surface area (Å²) in [5, 5.41) is 2.90. The molecule has 0 aromatic heterocycles. The van der Waals surface area contributed by atoms with E-state index in [1.54, 1.807) is 11.1 Å². The van der Waals surface area contributed by atoms with E-state index < -0.39 is 0 Å². The van der Waals surface area contributed by atoms with Crippen LogP contribution in [0.15, 0.2) is 84.9 Å². The number of benzene rings is 2. The zero-order valence-corrected chi connectivity index (χ0v) is 26.2. The van der Waals surface area contributed by atoms with Crippen LogP contribution in [0, 0.1) is 42.5 Å². The molecule has 1 aliphatic carbocycles. The van der Waals surface area contributed by atoms with E-state index in [4.69, 9.17) is 0 Å². The summed E-state index contributed by atoms with van der Waals surface area (Å²) in [5.41, 5.74) is 6.58. The van der Waals surface area contributed by atoms with Crippen molar-refractivity contribution in [2.24, 2.45) is 5.41 Å². The molecule has 188 valence electrons. The second-order valence-corrected chi connectivity index (χ2v) is 8.25. The molecule has 4 aromatic carbocycles. The van der Waals surface area contributed by atoms with Crippen molar-refractivity contribution in [2.45, 2.75) is 46.0 Å². The van der Waals surface area contributed by atoms with E-state index in [-0.39, 0.29) is 63.0 Å². The van der Waals surface area contributed by atoms with Gasteiger partial charge in [-0.1, -0.05) is 60.9 Å². The van der Waals surface area contributed by atoms with Gasteiger partial charge < -0.3 is 37.1 Å². The van der Waals surface area contributed by atoms with Gasteiger partial charge in [0, 0.05) is 25.8 Å². The molecule has 0 saturated heterocycles. The van der Waals surface area contributed by atoms with Gasteiger partial charge in [-0.25, -0.2) is 12.1 Å². The third kappa shape index (κ3) is 8.19. The fourth-order valence-corrected chi connectivity index (χ4v) is 4.64. The largest absolute Gasteiger partial charge is 0.358 e. The molecule has 0 radical (unpaired) electrons. The van der Waals surface area contributed by atoms with Crippen LogP contribution in [-0.2, 0) is 45.1 Å². The SMILES string of the molecule is CCC1(CC)Cc2cc3cc[c-](Cc4ccccc4)c3cc2C1.[CH3-].[CH3-].[CH3-].[CH3-].[CH3-].[Hf].c1cc[cH-]c1. The molecule has 0 N–H and O–H groups in total. The summed E-state index contributed by atoms with van der Waals surface area (Å²) < 4.78 is 0. The molecule has 0 unspecified atom stereocenters. The van der Waals surface area contributed by atoms with Crippen molar-refractivity contribution in [3.05, 3.63) is 144 Å². The number of rotatable bonds is 4. The minimum Gasteiger partial charge on any atom is -0.358 e. The van der Waals surface area contributed by atoms with E-state index in [1.807, 2.05) is 30.3 Å². The molecule has 0 aliphatic heterocycles. The predicted octanol–water partition coefficient (Wildman–Crippen LogP) is 9.71. The van der Waals surface area contributed by atoms with Gasteiger partial charge in [-0.15, -0.1) is 34.5 Å². The molecule has 0 fully saturated rings. The van der Waals surface area contributed by atoms with Crippen LogP contribution in [-0.4, -0.2) is 0 Å². The Morgan fingerprint density at radius 2 is 1.32 bits per heavy atom. The van der Waals surface area contributed by atoms with Gasteiger partial charge in [-0.05, 0) is 37.5 Å². The van der Waals surface area contributed by atoms with Crippen LogP contribution in [0.2, 0.25) is 0 Å². The molecule has 34 heavy (non-hydrogen) atoms. The molecular formula is C33H45Hf-7. The first kappa shape index (κ1) is 36.8. The van der Waals surface area contributed by atoms with Crippen LogP contribution in [0.3, 0.4) is 0 Å². The zero-order valence-electron chi connectivity index (χ0n) is 22.6. The van der Waals surface area contributed by atoms with E-state index in [0.29, 0.717) is 5.41 Å². The van der Waals surface area contributed by atoms with E-state index in [1.165, 1.54) is 47.6 Å². The molecular weight excluding hydrogens is 575 g/mol. The summed E-state index contributed by atoms with van der Waals surface area (Å²) in [7, 11) is 0. The van der Waals surface area contributed by atoms with Crippen LogP contribution in [0.25, 0.3) is 10.8 Å². The molecule has 0 amide bonds. The van der Waals surface area contributed by atoms with Crippen LogP contribution in [0.4, 0.5) is 0 Å². The molecule has 0 saturated carbocycles. The average Bonchev–Trinajstić information content (AvgIpc) is 3.49. The molecule has 0 spiro atoms. The quantitative estimate of drug-likeness (QED) is 0.158. The molecule has 0 atom stereocenters. The van der Waals surface area contributed by atoms with Gasteiger partial charge in [0.05, 0.1) is 0 Å². The fourth-order valence-electron chi connectivity index (χ4n) is 4.64. The van der Waals surface area contributed by atoms with Gasteiger partial charge in [0.2, 0.25) is 0 Å². The number of fused-ring (bicyclic) bond motifs is 2. The Kier molecular flexibility index (Phi) is 18.2. The third-order valence-corrected chi connectivity index (χ3v) is 6.61. The maximum absolute atomic E-state index is 2.50. The Morgan fingerprint density at radius 1 is 0.765 bits per heavy atom. The van der Waals surface area contributed by atoms with Gasteiger partial charge in [0.15, 0.2) is 0 Å². The summed E-state index contributed by atoms with van der Waals surface area (Å²) in [6, 6.07) is 30.4. The van der Waals surface area contributed by atoms with Crippen LogP contribution < -0.4 is 0 Å². The number of hydrogen-bond donors (Lipinski definition) is 0. The van der Waals surface area contributed by atoms with Gasteiger partial charge in [0.25, 0.3) is 0 Å². The number of hydrogen-bond acceptors (Lipinski definition) is 0. The third-order valence-electron chi connectivity index (χ3n) is 6.61. The normalized spacial score (nSPS) is 11.9. The maximum atomic E-state index is 2.50. The molecule has 0 heterocycles. The summed E-state index contributed by atoms with van der Waals surface area (Å²) in [6.45, 7) is 4.71. The van der Waals surface area contributed by atoms with Crippen molar-refractivity contribution in [3.63, 3.8) is 0 Å². The first-order chi connectivity index (χ1) is 13.7. The smallest absolute Gasteiger partial charge is 0 e. The van der Waals surface area contributed by atoms with Crippen molar-refractivity contribution in [1.82, 2.24) is 0 Å². The van der Waals surface area contributed by atoms with Crippen molar-refractivity contribution in [2.75, 3.05) is 0 Å². The second-order valence-electron chi connectivity index (χ2n) is 8.25. The minimum absolute atomic E-state index is 0. The monoisotopic (exact) mass is 621 g/mol. The van der Waals surface area contributed by atoms with E-state index in [2.05, 4.69) is 68.4 Å². The van der Waals surface area contributed by atoms with Gasteiger partial charge >= 0.3 is 0 Å². The van der Waals surface area contributed by atoms with Gasteiger partial charge in [0.1, 0.15) is 0 Å². The molecule has 1 aliphatic rings. The Morgan fingerprint density at radius 3 is 1.82 bits per heavy atom. The Hall–Kier alpha value is -1.73. The zero-order chi connectivity index (χ0) is 19.4. The van der Waals surface area contributed by atoms with Crippen molar-refractivity contribution in [1.29, 1.82) is 0 Å². The van der Waals surface area contributed by atoms with E-state index in [9.17, 15) is 0 Å². The molecule has 1 heteroatoms. The van der Waals surface area contributed by atoms with Crippen LogP contribution >= 0.6 is 0 Å². The topological polar surface area (TPSA) is 0 Å². The second kappa shape index (κ2) is 16.8. The Balaban J connectivity index is -0.000000786. The molecule has 0 nitrogen and oxygen atoms in total. The van der Waals surface area contributed by atoms with E-state index >= 15 is 0 Å². The summed E-state index contributed by atoms with van der Waals surface area (Å²) in [6.07, 6.45) is 6.15. The summed E-state index contributed by atoms with van der Waals surface area (Å²) in [5.74, 6) is 0. The summed E-state index contributed by atoms with van der Waals surface area (Å²) in [4.78, 5) is 0. The Labute approximate surface area is 231 Å². The summed E-state index contributed by atoms with van der Waals surface area (Å²) >= 11 is 0. The maximum Gasteiger partial charge on any atom is 0 e. The van der Waals surface area contributed by atoms with Crippen molar-refractivity contribution < 1.29 is 25.8 Å². The van der Waals surface area contributed by atoms with Crippen LogP contribution in [0.5, 0.6) is 0 Å². The fraction of sp³-hybridized carbons (Fsp3) is 0.242. The van der Waals surface area contributed by atoms with Crippen LogP contribution in [0.1, 0.15) is 48.9 Å². The minimum atomic E-state index is 0. The average molecular weight is 620 g/mol. The molecule has 4 aromatic rings. The standard InChI is InChI=1S/C23H25.C5H5.5CH3.Hf/c1-3-23(4-2)15-20-13-19-11-10-18(22(19)14-21(20)16-23)12-17-8-6-5-7-9-17;1-2-4-5-3-1;;;;;;/h5-11,13-14H,3-4,12,15-16H2,1-2H3;1-5H;5*1H3;/q7*-1;. The van der Waals surface area contributed by atoms with Gasteiger partial charge in [-0.3, -0.25) is 0 Å². The molecule has 5 rings (SSSR count).